The molecule has 1 aliphatic carbocycles. The highest BCUT2D eigenvalue weighted by molar-refractivity contribution is 6.25. The normalized spacial score (nSPS) is 13.1. The van der Waals surface area contributed by atoms with E-state index in [1.54, 1.807) is 26.0 Å². The van der Waals surface area contributed by atoms with Crippen LogP contribution in [-0.2, 0) is 4.74 Å². The highest BCUT2D eigenvalue weighted by atomic mass is 16.6. The molecule has 0 fully saturated rings. The maximum Gasteiger partial charge on any atom is 0.339 e. The van der Waals surface area contributed by atoms with E-state index in [-0.39, 0.29) is 12.3 Å². The molecule has 0 N–H and O–H groups in total. The number of benzene rings is 3. The van der Waals surface area contributed by atoms with E-state index in [0.717, 1.165) is 22.0 Å². The lowest BCUT2D eigenvalue weighted by Crippen LogP contribution is -2.10. The molecule has 162 valence electrons. The molecule has 0 radical (unpaired) electrons. The van der Waals surface area contributed by atoms with Gasteiger partial charge in [-0.15, -0.1) is 0 Å². The van der Waals surface area contributed by atoms with Crippen molar-refractivity contribution in [3.05, 3.63) is 99.2 Å². The number of ether oxygens (including phenoxy) is 1. The second kappa shape index (κ2) is 7.94. The summed E-state index contributed by atoms with van der Waals surface area (Å²) in [5.41, 5.74) is 4.76. The maximum atomic E-state index is 12.5. The molecule has 7 nitrogen and oxygen atoms in total. The summed E-state index contributed by atoms with van der Waals surface area (Å²) in [6, 6.07) is 20.1. The molecular formula is C26H19N3O4. The fraction of sp³-hybridized carbons (Fsp3) is 0.115. The van der Waals surface area contributed by atoms with Crippen LogP contribution in [0.4, 0.5) is 11.4 Å². The minimum atomic E-state index is -0.461. The van der Waals surface area contributed by atoms with Crippen molar-refractivity contribution in [2.24, 2.45) is 4.99 Å². The molecule has 1 aromatic heterocycles. The van der Waals surface area contributed by atoms with E-state index >= 15 is 0 Å². The third kappa shape index (κ3) is 3.43. The predicted molar refractivity (Wildman–Crippen MR) is 126 cm³/mol. The van der Waals surface area contributed by atoms with Gasteiger partial charge < -0.3 is 4.74 Å². The second-order valence-electron chi connectivity index (χ2n) is 7.68. The van der Waals surface area contributed by atoms with E-state index < -0.39 is 10.9 Å². The molecule has 0 unspecified atom stereocenters. The number of non-ortho nitro benzene ring substituents is 1. The molecule has 0 atom stereocenters. The average molecular weight is 437 g/mol. The van der Waals surface area contributed by atoms with Gasteiger partial charge in [0, 0.05) is 34.2 Å². The summed E-state index contributed by atoms with van der Waals surface area (Å²) in [5.74, 6) is -0.461. The van der Waals surface area contributed by atoms with E-state index in [4.69, 9.17) is 9.73 Å². The molecule has 0 spiro atoms. The number of fused-ring (bicyclic) bond motifs is 4. The SMILES string of the molecule is CCOC(=O)c1cc2c(nc1C)-c1ccc([N+](=O)[O-])cc1C2=Nc1cccc2ccccc12. The number of hydrogen-bond acceptors (Lipinski definition) is 6. The fourth-order valence-corrected chi connectivity index (χ4v) is 4.15. The molecule has 0 aliphatic heterocycles. The van der Waals surface area contributed by atoms with Crippen LogP contribution in [0.15, 0.2) is 71.7 Å². The molecule has 0 bridgehead atoms. The Morgan fingerprint density at radius 1 is 1.03 bits per heavy atom. The lowest BCUT2D eigenvalue weighted by Gasteiger charge is -2.09. The number of nitro benzene ring substituents is 1. The number of nitro groups is 1. The summed E-state index contributed by atoms with van der Waals surface area (Å²) in [6.45, 7) is 3.74. The summed E-state index contributed by atoms with van der Waals surface area (Å²) in [4.78, 5) is 33.2. The van der Waals surface area contributed by atoms with Crippen LogP contribution in [0.25, 0.3) is 22.0 Å². The van der Waals surface area contributed by atoms with E-state index in [2.05, 4.69) is 4.98 Å². The predicted octanol–water partition coefficient (Wildman–Crippen LogP) is 5.78. The van der Waals surface area contributed by atoms with Crippen molar-refractivity contribution in [2.45, 2.75) is 13.8 Å². The number of carbonyl (C=O) groups is 1. The van der Waals surface area contributed by atoms with Crippen molar-refractivity contribution in [1.29, 1.82) is 0 Å². The number of hydrogen-bond donors (Lipinski definition) is 0. The van der Waals surface area contributed by atoms with Gasteiger partial charge in [0.2, 0.25) is 0 Å². The van der Waals surface area contributed by atoms with Crippen LogP contribution >= 0.6 is 0 Å². The molecule has 4 aromatic rings. The first-order chi connectivity index (χ1) is 16.0. The molecule has 1 heterocycles. The number of aryl methyl sites for hydroxylation is 1. The molecular weight excluding hydrogens is 418 g/mol. The minimum Gasteiger partial charge on any atom is -0.462 e. The number of esters is 1. The highest BCUT2D eigenvalue weighted by Crippen LogP contribution is 2.40. The number of pyridine rings is 1. The van der Waals surface area contributed by atoms with Crippen molar-refractivity contribution in [3.63, 3.8) is 0 Å². The minimum absolute atomic E-state index is 0.0329. The van der Waals surface area contributed by atoms with E-state index in [1.807, 2.05) is 42.5 Å². The van der Waals surface area contributed by atoms with Gasteiger partial charge in [-0.25, -0.2) is 9.79 Å². The summed E-state index contributed by atoms with van der Waals surface area (Å²) in [6.07, 6.45) is 0. The van der Waals surface area contributed by atoms with Crippen LogP contribution in [0.1, 0.15) is 34.1 Å². The van der Waals surface area contributed by atoms with Crippen molar-refractivity contribution in [2.75, 3.05) is 6.61 Å². The first kappa shape index (κ1) is 20.5. The monoisotopic (exact) mass is 437 g/mol. The first-order valence-electron chi connectivity index (χ1n) is 10.5. The van der Waals surface area contributed by atoms with Crippen molar-refractivity contribution in [3.8, 4) is 11.3 Å². The molecule has 1 aliphatic rings. The van der Waals surface area contributed by atoms with Crippen LogP contribution < -0.4 is 0 Å². The average Bonchev–Trinajstić information content (AvgIpc) is 3.10. The summed E-state index contributed by atoms with van der Waals surface area (Å²) >= 11 is 0. The molecule has 0 saturated carbocycles. The van der Waals surface area contributed by atoms with Gasteiger partial charge >= 0.3 is 5.97 Å². The highest BCUT2D eigenvalue weighted by Gasteiger charge is 2.31. The lowest BCUT2D eigenvalue weighted by atomic mass is 10.1. The summed E-state index contributed by atoms with van der Waals surface area (Å²) in [5, 5.41) is 13.5. The molecule has 7 heteroatoms. The number of carbonyl (C=O) groups excluding carboxylic acids is 1. The Morgan fingerprint density at radius 2 is 1.82 bits per heavy atom. The molecule has 0 amide bonds. The Kier molecular flexibility index (Phi) is 4.94. The van der Waals surface area contributed by atoms with Gasteiger partial charge in [0.15, 0.2) is 0 Å². The number of aliphatic imine (C=N–C) groups is 1. The number of rotatable bonds is 4. The second-order valence-corrected chi connectivity index (χ2v) is 7.68. The van der Waals surface area contributed by atoms with Crippen molar-refractivity contribution >= 4 is 33.8 Å². The van der Waals surface area contributed by atoms with Crippen LogP contribution in [-0.4, -0.2) is 28.2 Å². The third-order valence-corrected chi connectivity index (χ3v) is 5.69. The Hall–Kier alpha value is -4.39. The lowest BCUT2D eigenvalue weighted by molar-refractivity contribution is -0.384. The summed E-state index contributed by atoms with van der Waals surface area (Å²) < 4.78 is 5.20. The summed E-state index contributed by atoms with van der Waals surface area (Å²) in [7, 11) is 0. The van der Waals surface area contributed by atoms with Gasteiger partial charge in [0.25, 0.3) is 5.69 Å². The Morgan fingerprint density at radius 3 is 2.61 bits per heavy atom. The first-order valence-corrected chi connectivity index (χ1v) is 10.5. The van der Waals surface area contributed by atoms with E-state index in [9.17, 15) is 14.9 Å². The fourth-order valence-electron chi connectivity index (χ4n) is 4.15. The molecule has 5 rings (SSSR count). The molecule has 33 heavy (non-hydrogen) atoms. The topological polar surface area (TPSA) is 94.7 Å². The van der Waals surface area contributed by atoms with Gasteiger partial charge in [-0.05, 0) is 37.4 Å². The van der Waals surface area contributed by atoms with Gasteiger partial charge in [0.1, 0.15) is 0 Å². The zero-order chi connectivity index (χ0) is 23.1. The van der Waals surface area contributed by atoms with Crippen LogP contribution in [0.3, 0.4) is 0 Å². The van der Waals surface area contributed by atoms with Crippen molar-refractivity contribution < 1.29 is 14.5 Å². The molecule has 3 aromatic carbocycles. The van der Waals surface area contributed by atoms with Gasteiger partial charge in [-0.1, -0.05) is 36.4 Å². The standard InChI is InChI=1S/C26H19N3O4/c1-3-33-26(30)20-14-22-24(27-15(20)2)19-12-11-17(29(31)32)13-21(19)25(22)28-23-10-6-8-16-7-4-5-9-18(16)23/h4-14H,3H2,1-2H3. The van der Waals surface area contributed by atoms with Gasteiger partial charge in [0.05, 0.1) is 39.9 Å². The van der Waals surface area contributed by atoms with Crippen LogP contribution in [0.2, 0.25) is 0 Å². The smallest absolute Gasteiger partial charge is 0.339 e. The van der Waals surface area contributed by atoms with E-state index in [0.29, 0.717) is 33.8 Å². The third-order valence-electron chi connectivity index (χ3n) is 5.69. The number of aromatic nitrogens is 1. The van der Waals surface area contributed by atoms with Crippen LogP contribution in [0.5, 0.6) is 0 Å². The quantitative estimate of drug-likeness (QED) is 0.202. The largest absolute Gasteiger partial charge is 0.462 e. The Balaban J connectivity index is 1.79. The zero-order valence-electron chi connectivity index (χ0n) is 18.0. The van der Waals surface area contributed by atoms with Gasteiger partial charge in [-0.3, -0.25) is 15.1 Å². The van der Waals surface area contributed by atoms with Gasteiger partial charge in [-0.2, -0.15) is 0 Å². The Bertz CT molecular complexity index is 1490. The number of nitrogens with zero attached hydrogens (tertiary/aromatic N) is 3. The van der Waals surface area contributed by atoms with Crippen molar-refractivity contribution in [1.82, 2.24) is 4.98 Å². The maximum absolute atomic E-state index is 12.5. The zero-order valence-corrected chi connectivity index (χ0v) is 18.0. The van der Waals surface area contributed by atoms with Crippen LogP contribution in [0, 0.1) is 17.0 Å². The molecule has 0 saturated heterocycles. The van der Waals surface area contributed by atoms with E-state index in [1.165, 1.54) is 12.1 Å². The Labute approximate surface area is 189 Å².